The van der Waals surface area contributed by atoms with E-state index in [0.29, 0.717) is 6.42 Å². The van der Waals surface area contributed by atoms with Gasteiger partial charge in [0.25, 0.3) is 0 Å². The number of allylic oxidation sites excluding steroid dienone is 2. The molecule has 6 aliphatic rings. The second kappa shape index (κ2) is 10.8. The van der Waals surface area contributed by atoms with Gasteiger partial charge in [0.2, 0.25) is 0 Å². The van der Waals surface area contributed by atoms with Gasteiger partial charge in [-0.2, -0.15) is 0 Å². The molecule has 1 aliphatic heterocycles. The molecule has 0 unspecified atom stereocenters. The summed E-state index contributed by atoms with van der Waals surface area (Å²) in [7, 11) is 0. The van der Waals surface area contributed by atoms with Crippen LogP contribution in [0, 0.1) is 44.8 Å². The number of esters is 1. The van der Waals surface area contributed by atoms with Crippen molar-refractivity contribution in [3.8, 4) is 0 Å². The molecule has 6 nitrogen and oxygen atoms in total. The molecule has 260 valence electrons. The van der Waals surface area contributed by atoms with E-state index in [2.05, 4.69) is 52.9 Å². The van der Waals surface area contributed by atoms with Gasteiger partial charge in [-0.3, -0.25) is 9.59 Å². The highest BCUT2D eigenvalue weighted by molar-refractivity contribution is 5.96. The second-order valence-electron chi connectivity index (χ2n) is 18.2. The molecular formula is C43H53NO5. The Morgan fingerprint density at radius 3 is 2.10 bits per heavy atom. The summed E-state index contributed by atoms with van der Waals surface area (Å²) in [5, 5.41) is 3.21. The summed E-state index contributed by atoms with van der Waals surface area (Å²) in [6, 6.07) is 20.1. The lowest BCUT2D eigenvalue weighted by atomic mass is 9.34. The number of hydrogen-bond donors (Lipinski definition) is 1. The first-order valence-corrected chi connectivity index (χ1v) is 18.7. The summed E-state index contributed by atoms with van der Waals surface area (Å²) < 4.78 is 12.3. The summed E-state index contributed by atoms with van der Waals surface area (Å²) in [6.07, 6.45) is 9.24. The molecule has 6 heteroatoms. The number of hydrogen-bond acceptors (Lipinski definition) is 5. The average molecular weight is 664 g/mol. The van der Waals surface area contributed by atoms with Gasteiger partial charge in [0.1, 0.15) is 6.10 Å². The van der Waals surface area contributed by atoms with Gasteiger partial charge in [-0.1, -0.05) is 93.9 Å². The molecule has 1 saturated heterocycles. The van der Waals surface area contributed by atoms with Crippen LogP contribution in [0.1, 0.15) is 117 Å². The molecule has 0 bridgehead atoms. The highest BCUT2D eigenvalue weighted by Gasteiger charge is 2.72. The number of amides is 1. The van der Waals surface area contributed by atoms with Gasteiger partial charge in [0.05, 0.1) is 11.0 Å². The number of ether oxygens (including phenoxy) is 2. The normalized spacial score (nSPS) is 43.9. The summed E-state index contributed by atoms with van der Waals surface area (Å²) in [5.74, 6) is 0.290. The molecule has 2 aromatic rings. The first-order chi connectivity index (χ1) is 23.2. The number of fused-ring (bicyclic) bond motifs is 9. The lowest BCUT2D eigenvalue weighted by Gasteiger charge is -2.70. The van der Waals surface area contributed by atoms with Crippen LogP contribution in [0.3, 0.4) is 0 Å². The van der Waals surface area contributed by atoms with E-state index < -0.39 is 17.1 Å². The molecule has 1 heterocycles. The van der Waals surface area contributed by atoms with Crippen molar-refractivity contribution in [2.24, 2.45) is 44.8 Å². The van der Waals surface area contributed by atoms with Crippen LogP contribution in [-0.4, -0.2) is 29.5 Å². The molecule has 0 aromatic heterocycles. The zero-order valence-electron chi connectivity index (χ0n) is 30.1. The van der Waals surface area contributed by atoms with Crippen molar-refractivity contribution in [1.82, 2.24) is 5.32 Å². The summed E-state index contributed by atoms with van der Waals surface area (Å²) in [6.45, 7) is 13.8. The molecular weight excluding hydrogens is 610 g/mol. The monoisotopic (exact) mass is 663 g/mol. The molecule has 4 saturated carbocycles. The van der Waals surface area contributed by atoms with Gasteiger partial charge in [-0.25, -0.2) is 4.79 Å². The number of ketones is 1. The fourth-order valence-corrected chi connectivity index (χ4v) is 12.6. The summed E-state index contributed by atoms with van der Waals surface area (Å²) >= 11 is 0. The SMILES string of the molecule is C[C@]1(C(=O)OC(c2ccccc2)c2ccccc2)CC[C@]2(C)CC[C@]3(C)C(=CC(=O)[C@@H]4[C@@]5(C)CC[C@@H]6OC(=O)N[C@@]6(C)[C@@H]5CC[C@]43C)[C@@H]2C1. The van der Waals surface area contributed by atoms with Crippen LogP contribution in [0.4, 0.5) is 4.79 Å². The molecule has 0 radical (unpaired) electrons. The van der Waals surface area contributed by atoms with Crippen LogP contribution in [0.5, 0.6) is 0 Å². The molecule has 5 fully saturated rings. The molecule has 10 atom stereocenters. The third-order valence-corrected chi connectivity index (χ3v) is 15.7. The van der Waals surface area contributed by atoms with Crippen molar-refractivity contribution in [1.29, 1.82) is 0 Å². The Hall–Kier alpha value is -3.41. The maximum Gasteiger partial charge on any atom is 0.408 e. The summed E-state index contributed by atoms with van der Waals surface area (Å²) in [5.41, 5.74) is 1.52. The van der Waals surface area contributed by atoms with Gasteiger partial charge in [-0.15, -0.1) is 0 Å². The Morgan fingerprint density at radius 2 is 1.45 bits per heavy atom. The van der Waals surface area contributed by atoms with E-state index in [4.69, 9.17) is 9.47 Å². The van der Waals surface area contributed by atoms with E-state index >= 15 is 0 Å². The van der Waals surface area contributed by atoms with E-state index in [-0.39, 0.29) is 63.4 Å². The number of rotatable bonds is 4. The molecule has 1 amide bonds. The Morgan fingerprint density at radius 1 is 0.816 bits per heavy atom. The fourth-order valence-electron chi connectivity index (χ4n) is 12.6. The maximum atomic E-state index is 14.8. The Kier molecular flexibility index (Phi) is 7.22. The lowest BCUT2D eigenvalue weighted by molar-refractivity contribution is -0.186. The van der Waals surface area contributed by atoms with E-state index in [1.165, 1.54) is 5.57 Å². The van der Waals surface area contributed by atoms with Gasteiger partial charge in [0, 0.05) is 5.92 Å². The largest absolute Gasteiger partial charge is 0.452 e. The van der Waals surface area contributed by atoms with Crippen molar-refractivity contribution < 1.29 is 23.9 Å². The fraction of sp³-hybridized carbons (Fsp3) is 0.605. The molecule has 5 aliphatic carbocycles. The van der Waals surface area contributed by atoms with E-state index in [1.54, 1.807) is 0 Å². The second-order valence-corrected chi connectivity index (χ2v) is 18.2. The van der Waals surface area contributed by atoms with Crippen molar-refractivity contribution in [2.45, 2.75) is 117 Å². The van der Waals surface area contributed by atoms with Crippen molar-refractivity contribution in [2.75, 3.05) is 0 Å². The predicted octanol–water partition coefficient (Wildman–Crippen LogP) is 9.14. The number of nitrogens with one attached hydrogen (secondary N) is 1. The Bertz CT molecular complexity index is 1680. The van der Waals surface area contributed by atoms with Crippen LogP contribution in [0.25, 0.3) is 0 Å². The topological polar surface area (TPSA) is 81.7 Å². The molecule has 2 aromatic carbocycles. The number of carbonyl (C=O) groups is 3. The highest BCUT2D eigenvalue weighted by Crippen LogP contribution is 2.74. The van der Waals surface area contributed by atoms with E-state index in [1.807, 2.05) is 60.7 Å². The minimum absolute atomic E-state index is 0.0327. The van der Waals surface area contributed by atoms with Gasteiger partial charge in [-0.05, 0) is 122 Å². The number of carbonyl (C=O) groups excluding carboxylic acids is 3. The third kappa shape index (κ3) is 4.53. The molecule has 0 spiro atoms. The van der Waals surface area contributed by atoms with Crippen molar-refractivity contribution in [3.63, 3.8) is 0 Å². The van der Waals surface area contributed by atoms with E-state index in [9.17, 15) is 14.4 Å². The van der Waals surface area contributed by atoms with Crippen molar-refractivity contribution >= 4 is 17.8 Å². The number of benzene rings is 2. The quantitative estimate of drug-likeness (QED) is 0.330. The minimum atomic E-state index is -0.664. The van der Waals surface area contributed by atoms with Crippen LogP contribution < -0.4 is 5.32 Å². The highest BCUT2D eigenvalue weighted by atomic mass is 16.6. The van der Waals surface area contributed by atoms with Crippen LogP contribution in [-0.2, 0) is 19.1 Å². The smallest absolute Gasteiger partial charge is 0.408 e. The Balaban J connectivity index is 1.13. The van der Waals surface area contributed by atoms with Crippen LogP contribution in [0.15, 0.2) is 72.3 Å². The van der Waals surface area contributed by atoms with E-state index in [0.717, 1.165) is 62.5 Å². The van der Waals surface area contributed by atoms with Crippen LogP contribution >= 0.6 is 0 Å². The first kappa shape index (κ1) is 32.8. The minimum Gasteiger partial charge on any atom is -0.452 e. The maximum absolute atomic E-state index is 14.8. The zero-order chi connectivity index (χ0) is 34.6. The molecule has 8 rings (SSSR count). The van der Waals surface area contributed by atoms with Gasteiger partial charge in [0.15, 0.2) is 11.9 Å². The average Bonchev–Trinajstić information content (AvgIpc) is 3.39. The lowest BCUT2D eigenvalue weighted by Crippen LogP contribution is -2.69. The summed E-state index contributed by atoms with van der Waals surface area (Å²) in [4.78, 5) is 41.7. The first-order valence-electron chi connectivity index (χ1n) is 18.7. The molecule has 1 N–H and O–H groups in total. The molecule has 49 heavy (non-hydrogen) atoms. The van der Waals surface area contributed by atoms with Gasteiger partial charge < -0.3 is 14.8 Å². The zero-order valence-corrected chi connectivity index (χ0v) is 30.1. The standard InChI is InChI=1S/C43H53NO5/c1-38-21-22-39(2,36(46)49-34(27-13-9-7-10-14-27)28-15-11-8-12-16-28)26-30(38)29-25-31(45)35-40(3)19-18-33-43(6,44-37(47)48-33)32(40)17-20-42(35,5)41(29,4)24-23-38/h7-16,25,30,32-35H,17-24,26H2,1-6H3,(H,44,47)/t30-,32+,33-,35+,38+,39-,40-,41+,42+,43-/m0/s1. The third-order valence-electron chi connectivity index (χ3n) is 15.7. The van der Waals surface area contributed by atoms with Gasteiger partial charge >= 0.3 is 12.1 Å². The van der Waals surface area contributed by atoms with Crippen LogP contribution in [0.2, 0.25) is 0 Å². The van der Waals surface area contributed by atoms with Crippen molar-refractivity contribution in [3.05, 3.63) is 83.4 Å². The Labute approximate surface area is 291 Å². The number of alkyl carbamates (subject to hydrolysis) is 1. The predicted molar refractivity (Wildman–Crippen MR) is 188 cm³/mol.